The summed E-state index contributed by atoms with van der Waals surface area (Å²) < 4.78 is 69.3. The van der Waals surface area contributed by atoms with Gasteiger partial charge in [0.05, 0.1) is 42.1 Å². The molecule has 1 amide bonds. The largest absolute Gasteiger partial charge is 0.416 e. The Balaban J connectivity index is 1.31. The second-order valence-electron chi connectivity index (χ2n) is 11.8. The molecule has 2 saturated heterocycles. The number of ether oxygens (including phenoxy) is 1. The first kappa shape index (κ1) is 33.9. The van der Waals surface area contributed by atoms with Crippen molar-refractivity contribution >= 4 is 21.4 Å². The maximum absolute atomic E-state index is 13.2. The third-order valence-electron chi connectivity index (χ3n) is 8.96. The van der Waals surface area contributed by atoms with E-state index < -0.39 is 27.6 Å². The van der Waals surface area contributed by atoms with Crippen molar-refractivity contribution in [1.29, 1.82) is 0 Å². The Labute approximate surface area is 268 Å². The highest BCUT2D eigenvalue weighted by molar-refractivity contribution is 7.91. The van der Waals surface area contributed by atoms with E-state index in [1.54, 1.807) is 43.3 Å². The van der Waals surface area contributed by atoms with Crippen molar-refractivity contribution in [3.8, 4) is 0 Å². The van der Waals surface area contributed by atoms with Crippen molar-refractivity contribution in [2.45, 2.75) is 48.8 Å². The maximum atomic E-state index is 13.2. The molecule has 2 aliphatic heterocycles. The second kappa shape index (κ2) is 14.5. The first-order chi connectivity index (χ1) is 22.0. The van der Waals surface area contributed by atoms with Crippen molar-refractivity contribution in [3.05, 3.63) is 95.1 Å². The van der Waals surface area contributed by atoms with E-state index in [0.29, 0.717) is 30.9 Å². The third-order valence-corrected chi connectivity index (χ3v) is 10.7. The van der Waals surface area contributed by atoms with Gasteiger partial charge in [-0.1, -0.05) is 31.2 Å². The fourth-order valence-corrected chi connectivity index (χ4v) is 7.07. The summed E-state index contributed by atoms with van der Waals surface area (Å²) >= 11 is 0. The molecule has 2 N–H and O–H groups in total. The quantitative estimate of drug-likeness (QED) is 0.315. The lowest BCUT2D eigenvalue weighted by molar-refractivity contribution is -0.137. The number of anilines is 1. The van der Waals surface area contributed by atoms with E-state index in [2.05, 4.69) is 15.1 Å². The van der Waals surface area contributed by atoms with E-state index in [-0.39, 0.29) is 35.1 Å². The number of hydrogen-bond acceptors (Lipinski definition) is 7. The van der Waals surface area contributed by atoms with Crippen LogP contribution in [0.25, 0.3) is 0 Å². The molecule has 3 aromatic carbocycles. The summed E-state index contributed by atoms with van der Waals surface area (Å²) in [6, 6.07) is 18.2. The molecule has 2 aliphatic rings. The van der Waals surface area contributed by atoms with Gasteiger partial charge in [0.15, 0.2) is 9.84 Å². The average Bonchev–Trinajstić information content (AvgIpc) is 3.07. The Morgan fingerprint density at radius 3 is 2.22 bits per heavy atom. The number of piperidine rings is 1. The van der Waals surface area contributed by atoms with E-state index >= 15 is 0 Å². The van der Waals surface area contributed by atoms with Crippen molar-refractivity contribution in [2.24, 2.45) is 0 Å². The summed E-state index contributed by atoms with van der Waals surface area (Å²) in [6.45, 7) is 5.71. The SMILES string of the molecule is CCS(=O)(=O)c1ccc([C@H](CO)NC(=O)c2ccc(N3CC(c4ccc(C(F)(F)F)cc4)CC[C@H]3CN3CCOCC3)cc2)cc1. The monoisotopic (exact) mass is 659 g/mol. The average molecular weight is 660 g/mol. The van der Waals surface area contributed by atoms with Gasteiger partial charge in [-0.3, -0.25) is 9.69 Å². The summed E-state index contributed by atoms with van der Waals surface area (Å²) in [5.41, 5.74) is 2.10. The standard InChI is InChI=1S/C34H40F3N3O5S/c1-2-46(43,44)31-15-8-25(9-16-31)32(23-41)38-33(42)26-5-12-29(13-6-26)40-21-27(24-3-10-28(11-4-24)34(35,36)37)7-14-30(40)22-39-17-19-45-20-18-39/h3-6,8-13,15-16,27,30,32,41H,2,7,14,17-23H2,1H3,(H,38,42)/t27?,30-,32-/m0/s1. The van der Waals surface area contributed by atoms with Crippen LogP contribution in [0.1, 0.15) is 58.8 Å². The number of carbonyl (C=O) groups excluding carboxylic acids is 1. The van der Waals surface area contributed by atoms with Crippen molar-refractivity contribution in [3.63, 3.8) is 0 Å². The van der Waals surface area contributed by atoms with Crippen LogP contribution in [0.4, 0.5) is 18.9 Å². The van der Waals surface area contributed by atoms with Gasteiger partial charge in [0, 0.05) is 49.4 Å². The Morgan fingerprint density at radius 1 is 0.978 bits per heavy atom. The molecule has 46 heavy (non-hydrogen) atoms. The molecular formula is C34H40F3N3O5S. The minimum absolute atomic E-state index is 0.0242. The molecule has 12 heteroatoms. The molecule has 0 saturated carbocycles. The molecule has 2 fully saturated rings. The molecule has 0 radical (unpaired) electrons. The van der Waals surface area contributed by atoms with Gasteiger partial charge in [0.1, 0.15) is 0 Å². The number of morpholine rings is 1. The molecule has 0 aromatic heterocycles. The Kier molecular flexibility index (Phi) is 10.7. The Morgan fingerprint density at radius 2 is 1.63 bits per heavy atom. The number of sulfone groups is 1. The Hall–Kier alpha value is -3.45. The summed E-state index contributed by atoms with van der Waals surface area (Å²) in [7, 11) is -3.37. The summed E-state index contributed by atoms with van der Waals surface area (Å²) in [6.07, 6.45) is -2.67. The number of carbonyl (C=O) groups is 1. The van der Waals surface area contributed by atoms with Crippen LogP contribution in [0.3, 0.4) is 0 Å². The number of hydrogen-bond donors (Lipinski definition) is 2. The lowest BCUT2D eigenvalue weighted by Gasteiger charge is -2.44. The van der Waals surface area contributed by atoms with Gasteiger partial charge < -0.3 is 20.1 Å². The zero-order chi connectivity index (χ0) is 32.9. The number of nitrogens with one attached hydrogen (secondary N) is 1. The maximum Gasteiger partial charge on any atom is 0.416 e. The molecule has 248 valence electrons. The molecule has 5 rings (SSSR count). The number of alkyl halides is 3. The molecule has 0 spiro atoms. The Bertz CT molecular complexity index is 1560. The fraction of sp³-hybridized carbons (Fsp3) is 0.441. The van der Waals surface area contributed by atoms with Crippen molar-refractivity contribution in [2.75, 3.05) is 56.7 Å². The van der Waals surface area contributed by atoms with Crippen molar-refractivity contribution in [1.82, 2.24) is 10.2 Å². The van der Waals surface area contributed by atoms with Crippen LogP contribution >= 0.6 is 0 Å². The molecule has 8 nitrogen and oxygen atoms in total. The first-order valence-corrected chi connectivity index (χ1v) is 17.2. The zero-order valence-corrected chi connectivity index (χ0v) is 26.6. The van der Waals surface area contributed by atoms with Crippen LogP contribution in [0.5, 0.6) is 0 Å². The van der Waals surface area contributed by atoms with Gasteiger partial charge in [-0.2, -0.15) is 13.2 Å². The minimum Gasteiger partial charge on any atom is -0.394 e. The van der Waals surface area contributed by atoms with Gasteiger partial charge in [-0.25, -0.2) is 8.42 Å². The number of amides is 1. The predicted octanol–water partition coefficient (Wildman–Crippen LogP) is 5.05. The highest BCUT2D eigenvalue weighted by Crippen LogP contribution is 2.36. The van der Waals surface area contributed by atoms with Gasteiger partial charge >= 0.3 is 6.18 Å². The fourth-order valence-electron chi connectivity index (χ4n) is 6.19. The molecule has 3 atom stereocenters. The van der Waals surface area contributed by atoms with Crippen LogP contribution in [0.15, 0.2) is 77.7 Å². The minimum atomic E-state index is -4.38. The summed E-state index contributed by atoms with van der Waals surface area (Å²) in [5.74, 6) is -0.360. The molecule has 0 aliphatic carbocycles. The molecule has 3 aromatic rings. The molecule has 2 heterocycles. The van der Waals surface area contributed by atoms with Crippen LogP contribution in [0, 0.1) is 0 Å². The van der Waals surface area contributed by atoms with E-state index in [1.807, 2.05) is 12.1 Å². The second-order valence-corrected chi connectivity index (χ2v) is 14.1. The number of benzene rings is 3. The summed E-state index contributed by atoms with van der Waals surface area (Å²) in [5, 5.41) is 12.8. The van der Waals surface area contributed by atoms with E-state index in [4.69, 9.17) is 4.74 Å². The molecular weight excluding hydrogens is 619 g/mol. The van der Waals surface area contributed by atoms with E-state index in [0.717, 1.165) is 55.9 Å². The number of aliphatic hydroxyl groups is 1. The molecule has 0 bridgehead atoms. The third kappa shape index (κ3) is 8.09. The van der Waals surface area contributed by atoms with Crippen LogP contribution in [-0.4, -0.2) is 82.1 Å². The normalized spacial score (nSPS) is 20.3. The lowest BCUT2D eigenvalue weighted by atomic mass is 9.86. The van der Waals surface area contributed by atoms with Gasteiger partial charge in [-0.05, 0) is 72.5 Å². The smallest absolute Gasteiger partial charge is 0.394 e. The van der Waals surface area contributed by atoms with E-state index in [1.165, 1.54) is 12.1 Å². The topological polar surface area (TPSA) is 99.2 Å². The van der Waals surface area contributed by atoms with Gasteiger partial charge in [0.25, 0.3) is 5.91 Å². The predicted molar refractivity (Wildman–Crippen MR) is 170 cm³/mol. The van der Waals surface area contributed by atoms with Gasteiger partial charge in [-0.15, -0.1) is 0 Å². The number of halogens is 3. The van der Waals surface area contributed by atoms with Gasteiger partial charge in [0.2, 0.25) is 0 Å². The molecule has 1 unspecified atom stereocenters. The number of aliphatic hydroxyl groups excluding tert-OH is 1. The summed E-state index contributed by atoms with van der Waals surface area (Å²) in [4.78, 5) is 18.0. The first-order valence-electron chi connectivity index (χ1n) is 15.6. The number of nitrogens with zero attached hydrogens (tertiary/aromatic N) is 2. The van der Waals surface area contributed by atoms with Crippen LogP contribution in [-0.2, 0) is 20.8 Å². The lowest BCUT2D eigenvalue weighted by Crippen LogP contribution is -2.51. The number of rotatable bonds is 10. The van der Waals surface area contributed by atoms with E-state index in [9.17, 15) is 31.5 Å². The van der Waals surface area contributed by atoms with Crippen LogP contribution in [0.2, 0.25) is 0 Å². The highest BCUT2D eigenvalue weighted by atomic mass is 32.2. The zero-order valence-electron chi connectivity index (χ0n) is 25.7. The highest BCUT2D eigenvalue weighted by Gasteiger charge is 2.33. The van der Waals surface area contributed by atoms with Crippen LogP contribution < -0.4 is 10.2 Å². The van der Waals surface area contributed by atoms with Crippen molar-refractivity contribution < 1.29 is 36.2 Å².